The molecule has 3 rings (SSSR count). The van der Waals surface area contributed by atoms with E-state index in [9.17, 15) is 22.7 Å². The molecule has 0 amide bonds. The van der Waals surface area contributed by atoms with Gasteiger partial charge in [-0.3, -0.25) is 4.98 Å². The third-order valence-corrected chi connectivity index (χ3v) is 4.52. The Hall–Kier alpha value is -2.98. The van der Waals surface area contributed by atoms with Crippen molar-refractivity contribution < 1.29 is 27.4 Å². The van der Waals surface area contributed by atoms with E-state index in [0.717, 1.165) is 18.3 Å². The van der Waals surface area contributed by atoms with E-state index in [4.69, 9.17) is 16.3 Å². The largest absolute Gasteiger partial charge is 0.457 e. The van der Waals surface area contributed by atoms with Gasteiger partial charge in [-0.1, -0.05) is 17.7 Å². The molecule has 31 heavy (non-hydrogen) atoms. The zero-order valence-corrected chi connectivity index (χ0v) is 16.9. The van der Waals surface area contributed by atoms with E-state index in [2.05, 4.69) is 20.3 Å². The summed E-state index contributed by atoms with van der Waals surface area (Å²) in [4.78, 5) is 11.1. The predicted octanol–water partition coefficient (Wildman–Crippen LogP) is 5.18. The number of benzene rings is 1. The molecule has 0 saturated carbocycles. The smallest absolute Gasteiger partial charge is 0.433 e. The van der Waals surface area contributed by atoms with E-state index in [0.29, 0.717) is 16.9 Å². The minimum atomic E-state index is -4.61. The van der Waals surface area contributed by atoms with Crippen molar-refractivity contribution >= 4 is 17.4 Å². The summed E-state index contributed by atoms with van der Waals surface area (Å²) in [6.45, 7) is 1.80. The highest BCUT2D eigenvalue weighted by Gasteiger charge is 2.32. The average molecular weight is 457 g/mol. The number of hydrogen-bond acceptors (Lipinski definition) is 6. The summed E-state index contributed by atoms with van der Waals surface area (Å²) in [5.41, 5.74) is -0.414. The number of aromatic nitrogens is 3. The van der Waals surface area contributed by atoms with Crippen LogP contribution in [0.25, 0.3) is 0 Å². The van der Waals surface area contributed by atoms with E-state index in [1.54, 1.807) is 0 Å². The van der Waals surface area contributed by atoms with Crippen LogP contribution in [-0.4, -0.2) is 26.6 Å². The van der Waals surface area contributed by atoms with Gasteiger partial charge in [-0.15, -0.1) is 0 Å². The fraction of sp³-hybridized carbons (Fsp3) is 0.250. The molecule has 0 aliphatic heterocycles. The minimum Gasteiger partial charge on any atom is -0.457 e. The Labute approximate surface area is 179 Å². The molecule has 6 nitrogen and oxygen atoms in total. The van der Waals surface area contributed by atoms with Gasteiger partial charge in [0.25, 0.3) is 0 Å². The first-order chi connectivity index (χ1) is 14.6. The second-order valence-electron chi connectivity index (χ2n) is 6.51. The highest BCUT2D eigenvalue weighted by atomic mass is 35.5. The van der Waals surface area contributed by atoms with Crippen molar-refractivity contribution in [3.8, 4) is 11.5 Å². The zero-order valence-electron chi connectivity index (χ0n) is 16.1. The Morgan fingerprint density at radius 3 is 2.55 bits per heavy atom. The van der Waals surface area contributed by atoms with Crippen molar-refractivity contribution in [1.29, 1.82) is 0 Å². The van der Waals surface area contributed by atoms with Crippen LogP contribution >= 0.6 is 11.6 Å². The number of aliphatic hydroxyl groups is 1. The number of rotatable bonds is 7. The maximum atomic E-state index is 14.4. The standard InChI is InChI=1S/C20H17ClF4N4O2/c1-11(30)17-18(21)28-10-29-19(17)27-6-4-12-2-3-13(8-15(12)22)31-14-5-7-26-16(9-14)20(23,24)25/h2-3,5,7-11,30H,4,6H2,1H3,(H,27,28,29). The molecule has 0 spiro atoms. The van der Waals surface area contributed by atoms with Crippen LogP contribution < -0.4 is 10.1 Å². The van der Waals surface area contributed by atoms with Crippen molar-refractivity contribution in [1.82, 2.24) is 15.0 Å². The third kappa shape index (κ3) is 5.80. The number of nitrogens with one attached hydrogen (secondary N) is 1. The quantitative estimate of drug-likeness (QED) is 0.376. The minimum absolute atomic E-state index is 0.0486. The van der Waals surface area contributed by atoms with Gasteiger partial charge in [-0.2, -0.15) is 13.2 Å². The van der Waals surface area contributed by atoms with Gasteiger partial charge < -0.3 is 15.2 Å². The average Bonchev–Trinajstić information content (AvgIpc) is 2.69. The lowest BCUT2D eigenvalue weighted by Crippen LogP contribution is -2.11. The van der Waals surface area contributed by atoms with Crippen molar-refractivity contribution in [2.45, 2.75) is 25.6 Å². The van der Waals surface area contributed by atoms with Gasteiger partial charge in [0.15, 0.2) is 0 Å². The number of hydrogen-bond donors (Lipinski definition) is 2. The summed E-state index contributed by atoms with van der Waals surface area (Å²) in [5, 5.41) is 12.9. The van der Waals surface area contributed by atoms with Gasteiger partial charge >= 0.3 is 6.18 Å². The van der Waals surface area contributed by atoms with Crippen LogP contribution in [0.15, 0.2) is 42.9 Å². The van der Waals surface area contributed by atoms with Crippen LogP contribution in [0, 0.1) is 5.82 Å². The van der Waals surface area contributed by atoms with E-state index in [1.807, 2.05) is 0 Å². The Balaban J connectivity index is 1.65. The molecule has 0 bridgehead atoms. The highest BCUT2D eigenvalue weighted by Crippen LogP contribution is 2.31. The van der Waals surface area contributed by atoms with Gasteiger partial charge in [0.1, 0.15) is 40.3 Å². The molecule has 0 aliphatic carbocycles. The molecule has 2 heterocycles. The van der Waals surface area contributed by atoms with Crippen LogP contribution in [0.5, 0.6) is 11.5 Å². The fourth-order valence-electron chi connectivity index (χ4n) is 2.76. The maximum absolute atomic E-state index is 14.4. The maximum Gasteiger partial charge on any atom is 0.433 e. The summed E-state index contributed by atoms with van der Waals surface area (Å²) < 4.78 is 58.0. The van der Waals surface area contributed by atoms with Crippen molar-refractivity contribution in [3.05, 3.63) is 70.6 Å². The molecule has 0 aliphatic rings. The van der Waals surface area contributed by atoms with E-state index in [1.165, 1.54) is 31.5 Å². The number of aliphatic hydroxyl groups excluding tert-OH is 1. The normalized spacial score (nSPS) is 12.5. The van der Waals surface area contributed by atoms with Gasteiger partial charge in [0.2, 0.25) is 0 Å². The zero-order chi connectivity index (χ0) is 22.6. The fourth-order valence-corrected chi connectivity index (χ4v) is 3.05. The Kier molecular flexibility index (Phi) is 6.91. The Morgan fingerprint density at radius 2 is 1.87 bits per heavy atom. The first-order valence-corrected chi connectivity index (χ1v) is 9.45. The molecular weight excluding hydrogens is 440 g/mol. The SMILES string of the molecule is CC(O)c1c(Cl)ncnc1NCCc1ccc(Oc2ccnc(C(F)(F)F)c2)cc1F. The van der Waals surface area contributed by atoms with Crippen LogP contribution in [0.2, 0.25) is 5.15 Å². The van der Waals surface area contributed by atoms with E-state index < -0.39 is 23.8 Å². The van der Waals surface area contributed by atoms with Gasteiger partial charge in [-0.25, -0.2) is 14.4 Å². The molecule has 2 N–H and O–H groups in total. The van der Waals surface area contributed by atoms with E-state index in [-0.39, 0.29) is 29.6 Å². The second kappa shape index (κ2) is 9.44. The molecule has 0 fully saturated rings. The molecular formula is C20H17ClF4N4O2. The lowest BCUT2D eigenvalue weighted by molar-refractivity contribution is -0.141. The second-order valence-corrected chi connectivity index (χ2v) is 6.87. The van der Waals surface area contributed by atoms with Crippen LogP contribution in [0.4, 0.5) is 23.4 Å². The summed E-state index contributed by atoms with van der Waals surface area (Å²) in [6, 6.07) is 6.00. The molecule has 0 radical (unpaired) electrons. The van der Waals surface area contributed by atoms with Crippen LogP contribution in [0.3, 0.4) is 0 Å². The van der Waals surface area contributed by atoms with Gasteiger partial charge in [0.05, 0.1) is 11.7 Å². The number of halogens is 5. The number of pyridine rings is 1. The molecule has 0 saturated heterocycles. The van der Waals surface area contributed by atoms with Crippen molar-refractivity contribution in [2.24, 2.45) is 0 Å². The number of alkyl halides is 3. The molecule has 164 valence electrons. The number of nitrogens with zero attached hydrogens (tertiary/aromatic N) is 3. The lowest BCUT2D eigenvalue weighted by atomic mass is 10.1. The molecule has 1 aromatic carbocycles. The third-order valence-electron chi connectivity index (χ3n) is 4.22. The van der Waals surface area contributed by atoms with Gasteiger partial charge in [0, 0.05) is 24.9 Å². The Bertz CT molecular complexity index is 1060. The van der Waals surface area contributed by atoms with Crippen molar-refractivity contribution in [2.75, 3.05) is 11.9 Å². The monoisotopic (exact) mass is 456 g/mol. The lowest BCUT2D eigenvalue weighted by Gasteiger charge is -2.14. The van der Waals surface area contributed by atoms with Crippen LogP contribution in [0.1, 0.15) is 29.8 Å². The molecule has 3 aromatic rings. The predicted molar refractivity (Wildman–Crippen MR) is 106 cm³/mol. The summed E-state index contributed by atoms with van der Waals surface area (Å²) >= 11 is 5.97. The van der Waals surface area contributed by atoms with Crippen LogP contribution in [-0.2, 0) is 12.6 Å². The molecule has 11 heteroatoms. The topological polar surface area (TPSA) is 80.2 Å². The summed E-state index contributed by atoms with van der Waals surface area (Å²) in [7, 11) is 0. The molecule has 1 unspecified atom stereocenters. The number of anilines is 1. The number of ether oxygens (including phenoxy) is 1. The molecule has 1 atom stereocenters. The first-order valence-electron chi connectivity index (χ1n) is 9.07. The first kappa shape index (κ1) is 22.7. The summed E-state index contributed by atoms with van der Waals surface area (Å²) in [5.74, 6) is -0.302. The molecule has 2 aromatic heterocycles. The summed E-state index contributed by atoms with van der Waals surface area (Å²) in [6.07, 6.45) is -3.03. The highest BCUT2D eigenvalue weighted by molar-refractivity contribution is 6.30. The Morgan fingerprint density at radius 1 is 1.13 bits per heavy atom. The van der Waals surface area contributed by atoms with Crippen molar-refractivity contribution in [3.63, 3.8) is 0 Å². The van der Waals surface area contributed by atoms with Gasteiger partial charge in [-0.05, 0) is 31.0 Å². The van der Waals surface area contributed by atoms with E-state index >= 15 is 0 Å².